The lowest BCUT2D eigenvalue weighted by Gasteiger charge is -2.29. The normalized spacial score (nSPS) is 20.3. The smallest absolute Gasteiger partial charge is 0.392 e. The summed E-state index contributed by atoms with van der Waals surface area (Å²) in [4.78, 5) is 25.2. The van der Waals surface area contributed by atoms with Gasteiger partial charge in [-0.1, -0.05) is 12.8 Å². The van der Waals surface area contributed by atoms with E-state index in [1.807, 2.05) is 0 Å². The average molecular weight is 570 g/mol. The molecule has 0 amide bonds. The third-order valence-corrected chi connectivity index (χ3v) is 8.39. The number of carbonyl (C=O) groups excluding carboxylic acids is 2. The predicted octanol–water partition coefficient (Wildman–Crippen LogP) is 5.58. The molecular weight excluding hydrogens is 538 g/mol. The van der Waals surface area contributed by atoms with Crippen molar-refractivity contribution >= 4 is 19.6 Å². The monoisotopic (exact) mass is 570 g/mol. The van der Waals surface area contributed by atoms with E-state index in [-0.39, 0.29) is 12.2 Å². The van der Waals surface area contributed by atoms with Crippen LogP contribution in [0.4, 0.5) is 22.0 Å². The molecule has 14 heteroatoms. The Morgan fingerprint density at radius 3 is 1.39 bits per heavy atom. The molecule has 2 aliphatic carbocycles. The number of hydrogen-bond acceptors (Lipinski definition) is 6. The van der Waals surface area contributed by atoms with Gasteiger partial charge < -0.3 is 14.0 Å². The van der Waals surface area contributed by atoms with Crippen LogP contribution in [0.15, 0.2) is 0 Å². The predicted molar refractivity (Wildman–Crippen MR) is 126 cm³/mol. The summed E-state index contributed by atoms with van der Waals surface area (Å²) in [6, 6.07) is -2.84. The van der Waals surface area contributed by atoms with Gasteiger partial charge in [0.1, 0.15) is 24.3 Å². The Bertz CT molecular complexity index is 992. The summed E-state index contributed by atoms with van der Waals surface area (Å²) < 4.78 is 99.0. The minimum Gasteiger partial charge on any atom is -0.461 e. The van der Waals surface area contributed by atoms with Crippen LogP contribution in [0.5, 0.6) is 5.75 Å². The lowest BCUT2D eigenvalue weighted by Crippen LogP contribution is -2.44. The Morgan fingerprint density at radius 2 is 1.03 bits per heavy atom. The third kappa shape index (κ3) is 7.66. The molecule has 2 aliphatic rings. The zero-order valence-corrected chi connectivity index (χ0v) is 22.1. The van der Waals surface area contributed by atoms with Gasteiger partial charge in [-0.05, 0) is 65.2 Å². The van der Waals surface area contributed by atoms with E-state index in [4.69, 9.17) is 14.0 Å². The number of halogens is 5. The largest absolute Gasteiger partial charge is 0.461 e. The van der Waals surface area contributed by atoms with Crippen molar-refractivity contribution < 1.29 is 50.1 Å². The number of nitrogens with one attached hydrogen (secondary N) is 2. The SMILES string of the molecule is C[C@H](NP(=O)(N[C@H](C)C(=O)OC1CCCCC1)Oc1c(F)c(F)c(F)c(F)c1F)C(=O)OC1CCCCC1. The molecule has 214 valence electrons. The summed E-state index contributed by atoms with van der Waals surface area (Å²) in [5.74, 6) is -15.4. The Kier molecular flexibility index (Phi) is 10.5. The number of hydrogen-bond donors (Lipinski definition) is 2. The molecular formula is C24H32F5N2O6P. The molecule has 0 bridgehead atoms. The van der Waals surface area contributed by atoms with Crippen LogP contribution in [0.25, 0.3) is 0 Å². The molecule has 2 fully saturated rings. The minimum absolute atomic E-state index is 0.381. The second-order valence-electron chi connectivity index (χ2n) is 9.64. The van der Waals surface area contributed by atoms with Crippen molar-refractivity contribution in [1.29, 1.82) is 0 Å². The third-order valence-electron chi connectivity index (χ3n) is 6.49. The maximum Gasteiger partial charge on any atom is 0.392 e. The van der Waals surface area contributed by atoms with Crippen LogP contribution in [0.1, 0.15) is 78.1 Å². The second kappa shape index (κ2) is 13.2. The highest BCUT2D eigenvalue weighted by Gasteiger charge is 2.39. The fourth-order valence-corrected chi connectivity index (χ4v) is 6.23. The molecule has 38 heavy (non-hydrogen) atoms. The fraction of sp³-hybridized carbons (Fsp3) is 0.667. The molecule has 0 aromatic heterocycles. The molecule has 3 atom stereocenters. The topological polar surface area (TPSA) is 103 Å². The molecule has 0 spiro atoms. The first kappa shape index (κ1) is 30.3. The van der Waals surface area contributed by atoms with Crippen molar-refractivity contribution in [2.75, 3.05) is 0 Å². The maximum atomic E-state index is 14.3. The first-order valence-corrected chi connectivity index (χ1v) is 14.3. The first-order chi connectivity index (χ1) is 17.9. The molecule has 3 rings (SSSR count). The maximum absolute atomic E-state index is 14.3. The lowest BCUT2D eigenvalue weighted by atomic mass is 9.98. The van der Waals surface area contributed by atoms with Gasteiger partial charge in [0.15, 0.2) is 0 Å². The number of esters is 2. The van der Waals surface area contributed by atoms with Crippen molar-refractivity contribution in [1.82, 2.24) is 10.2 Å². The average Bonchev–Trinajstić information content (AvgIpc) is 2.90. The molecule has 0 aliphatic heterocycles. The van der Waals surface area contributed by atoms with Gasteiger partial charge in [-0.15, -0.1) is 0 Å². The van der Waals surface area contributed by atoms with Gasteiger partial charge in [0, 0.05) is 0 Å². The van der Waals surface area contributed by atoms with Gasteiger partial charge in [-0.25, -0.2) is 27.9 Å². The van der Waals surface area contributed by atoms with Gasteiger partial charge >= 0.3 is 19.6 Å². The summed E-state index contributed by atoms with van der Waals surface area (Å²) >= 11 is 0. The highest BCUT2D eigenvalue weighted by Crippen LogP contribution is 2.44. The lowest BCUT2D eigenvalue weighted by molar-refractivity contribution is -0.152. The van der Waals surface area contributed by atoms with Gasteiger partial charge in [-0.3, -0.25) is 9.59 Å². The van der Waals surface area contributed by atoms with E-state index in [2.05, 4.69) is 10.2 Å². The van der Waals surface area contributed by atoms with Crippen molar-refractivity contribution in [2.45, 2.75) is 102 Å². The van der Waals surface area contributed by atoms with E-state index in [1.54, 1.807) is 0 Å². The summed E-state index contributed by atoms with van der Waals surface area (Å²) in [7, 11) is -4.91. The Hall–Kier alpha value is -2.24. The number of ether oxygens (including phenoxy) is 2. The molecule has 0 heterocycles. The minimum atomic E-state index is -4.91. The van der Waals surface area contributed by atoms with Gasteiger partial charge in [0.2, 0.25) is 34.8 Å². The van der Waals surface area contributed by atoms with Crippen molar-refractivity contribution in [2.24, 2.45) is 0 Å². The fourth-order valence-electron chi connectivity index (χ4n) is 4.40. The zero-order valence-electron chi connectivity index (χ0n) is 21.2. The van der Waals surface area contributed by atoms with Gasteiger partial charge in [0.05, 0.1) is 0 Å². The van der Waals surface area contributed by atoms with Crippen LogP contribution in [0.3, 0.4) is 0 Å². The molecule has 0 radical (unpaired) electrons. The van der Waals surface area contributed by atoms with Gasteiger partial charge in [-0.2, -0.15) is 8.78 Å². The zero-order chi connectivity index (χ0) is 28.0. The highest BCUT2D eigenvalue weighted by atomic mass is 31.2. The highest BCUT2D eigenvalue weighted by molar-refractivity contribution is 7.55. The van der Waals surface area contributed by atoms with Crippen LogP contribution < -0.4 is 14.7 Å². The van der Waals surface area contributed by atoms with Crippen LogP contribution in [-0.4, -0.2) is 36.2 Å². The molecule has 2 N–H and O–H groups in total. The summed E-state index contributed by atoms with van der Waals surface area (Å²) in [5, 5.41) is 4.39. The number of rotatable bonds is 10. The van der Waals surface area contributed by atoms with E-state index in [0.29, 0.717) is 25.7 Å². The van der Waals surface area contributed by atoms with Crippen molar-refractivity contribution in [3.05, 3.63) is 29.1 Å². The van der Waals surface area contributed by atoms with E-state index in [9.17, 15) is 36.1 Å². The number of benzene rings is 1. The summed E-state index contributed by atoms with van der Waals surface area (Å²) in [5.41, 5.74) is 0. The number of carbonyl (C=O) groups is 2. The van der Waals surface area contributed by atoms with E-state index in [1.165, 1.54) is 13.8 Å². The first-order valence-electron chi connectivity index (χ1n) is 12.7. The van der Waals surface area contributed by atoms with Crippen molar-refractivity contribution in [3.8, 4) is 5.75 Å². The van der Waals surface area contributed by atoms with E-state index >= 15 is 0 Å². The second-order valence-corrected chi connectivity index (χ2v) is 11.4. The quantitative estimate of drug-likeness (QED) is 0.124. The van der Waals surface area contributed by atoms with Crippen molar-refractivity contribution in [3.63, 3.8) is 0 Å². The van der Waals surface area contributed by atoms with Crippen LogP contribution in [-0.2, 0) is 23.6 Å². The molecule has 8 nitrogen and oxygen atoms in total. The molecule has 1 aromatic rings. The Morgan fingerprint density at radius 1 is 0.684 bits per heavy atom. The molecule has 1 aromatic carbocycles. The molecule has 0 saturated heterocycles. The van der Waals surface area contributed by atoms with Crippen LogP contribution in [0.2, 0.25) is 0 Å². The van der Waals surface area contributed by atoms with E-state index in [0.717, 1.165) is 38.5 Å². The molecule has 1 unspecified atom stereocenters. The van der Waals surface area contributed by atoms with E-state index < -0.39 is 66.5 Å². The standard InChI is InChI=1S/C24H32F5N2O6P/c1-13(23(32)35-15-9-5-3-6-10-15)30-38(34,31-14(2)24(33)36-16-11-7-4-8-12-16)37-22-20(28)18(26)17(25)19(27)21(22)29/h13-16H,3-12H2,1-2H3,(H2,30,31,34)/t13-,14+,38?. The Balaban J connectivity index is 1.82. The summed E-state index contributed by atoms with van der Waals surface area (Å²) in [6.07, 6.45) is 7.12. The van der Waals surface area contributed by atoms with Gasteiger partial charge in [0.25, 0.3) is 0 Å². The Labute approximate surface area is 217 Å². The molecule has 2 saturated carbocycles. The summed E-state index contributed by atoms with van der Waals surface area (Å²) in [6.45, 7) is 2.43. The van der Waals surface area contributed by atoms with Crippen LogP contribution in [0, 0.1) is 29.1 Å². The van der Waals surface area contributed by atoms with Crippen LogP contribution >= 0.6 is 7.67 Å².